The average molecular weight is 304 g/mol. The summed E-state index contributed by atoms with van der Waals surface area (Å²) in [6.07, 6.45) is 0. The minimum atomic E-state index is -0.180. The highest BCUT2D eigenvalue weighted by molar-refractivity contribution is 7.14. The summed E-state index contributed by atoms with van der Waals surface area (Å²) in [7, 11) is 1.80. The summed E-state index contributed by atoms with van der Waals surface area (Å²) in [6, 6.07) is 5.32. The lowest BCUT2D eigenvalue weighted by Gasteiger charge is -2.11. The number of amides is 2. The SMILES string of the molecule is CNc1nc(-c2ccc(NC(C)=O)cc2NC(C)=O)cs1. The van der Waals surface area contributed by atoms with Crippen LogP contribution in [-0.2, 0) is 9.59 Å². The lowest BCUT2D eigenvalue weighted by Crippen LogP contribution is -2.09. The topological polar surface area (TPSA) is 83.1 Å². The molecule has 0 spiro atoms. The Hall–Kier alpha value is -2.41. The van der Waals surface area contributed by atoms with Gasteiger partial charge in [-0.3, -0.25) is 9.59 Å². The molecule has 0 unspecified atom stereocenters. The second-order valence-corrected chi connectivity index (χ2v) is 5.27. The fourth-order valence-corrected chi connectivity index (χ4v) is 2.53. The van der Waals surface area contributed by atoms with Crippen molar-refractivity contribution in [1.82, 2.24) is 4.98 Å². The van der Waals surface area contributed by atoms with E-state index < -0.39 is 0 Å². The van der Waals surface area contributed by atoms with Gasteiger partial charge in [0.25, 0.3) is 0 Å². The Kier molecular flexibility index (Phi) is 4.54. The number of carbonyl (C=O) groups is 2. The minimum Gasteiger partial charge on any atom is -0.365 e. The van der Waals surface area contributed by atoms with Crippen molar-refractivity contribution < 1.29 is 9.59 Å². The second kappa shape index (κ2) is 6.36. The molecule has 2 amide bonds. The number of anilines is 3. The number of hydrogen-bond donors (Lipinski definition) is 3. The quantitative estimate of drug-likeness (QED) is 0.811. The maximum atomic E-state index is 11.4. The first kappa shape index (κ1) is 15.0. The number of carbonyl (C=O) groups excluding carboxylic acids is 2. The molecule has 0 saturated heterocycles. The van der Waals surface area contributed by atoms with Crippen LogP contribution in [0.2, 0.25) is 0 Å². The highest BCUT2D eigenvalue weighted by Crippen LogP contribution is 2.32. The lowest BCUT2D eigenvalue weighted by molar-refractivity contribution is -0.115. The summed E-state index contributed by atoms with van der Waals surface area (Å²) >= 11 is 1.48. The van der Waals surface area contributed by atoms with Crippen molar-refractivity contribution in [2.45, 2.75) is 13.8 Å². The Morgan fingerprint density at radius 3 is 2.43 bits per heavy atom. The molecule has 2 rings (SSSR count). The Morgan fingerprint density at radius 2 is 1.86 bits per heavy atom. The zero-order chi connectivity index (χ0) is 15.4. The average Bonchev–Trinajstić information content (AvgIpc) is 2.86. The van der Waals surface area contributed by atoms with Crippen molar-refractivity contribution in [1.29, 1.82) is 0 Å². The molecule has 2 aromatic rings. The van der Waals surface area contributed by atoms with Crippen LogP contribution in [-0.4, -0.2) is 23.8 Å². The summed E-state index contributed by atoms with van der Waals surface area (Å²) < 4.78 is 0. The molecule has 1 aromatic heterocycles. The fraction of sp³-hybridized carbons (Fsp3) is 0.214. The molecule has 110 valence electrons. The van der Waals surface area contributed by atoms with Crippen LogP contribution in [0.15, 0.2) is 23.6 Å². The van der Waals surface area contributed by atoms with Gasteiger partial charge in [-0.1, -0.05) is 0 Å². The van der Waals surface area contributed by atoms with Crippen molar-refractivity contribution in [2.75, 3.05) is 23.0 Å². The number of nitrogens with zero attached hydrogens (tertiary/aromatic N) is 1. The minimum absolute atomic E-state index is 0.164. The standard InChI is InChI=1S/C14H16N4O2S/c1-8(19)16-10-4-5-11(12(6-10)17-9(2)20)13-7-21-14(15-3)18-13/h4-7H,1-3H3,(H,15,18)(H,16,19)(H,17,20). The van der Waals surface area contributed by atoms with Crippen LogP contribution in [0.4, 0.5) is 16.5 Å². The number of rotatable bonds is 4. The predicted octanol–water partition coefficient (Wildman–Crippen LogP) is 2.77. The van der Waals surface area contributed by atoms with Crippen LogP contribution in [0.25, 0.3) is 11.3 Å². The molecule has 0 aliphatic rings. The third-order valence-electron chi connectivity index (χ3n) is 2.64. The van der Waals surface area contributed by atoms with Crippen molar-refractivity contribution in [3.8, 4) is 11.3 Å². The van der Waals surface area contributed by atoms with Gasteiger partial charge in [-0.15, -0.1) is 11.3 Å². The number of thiazole rings is 1. The molecule has 0 atom stereocenters. The highest BCUT2D eigenvalue weighted by Gasteiger charge is 2.11. The number of hydrogen-bond acceptors (Lipinski definition) is 5. The van der Waals surface area contributed by atoms with E-state index in [9.17, 15) is 9.59 Å². The van der Waals surface area contributed by atoms with Crippen LogP contribution in [0.3, 0.4) is 0 Å². The molecule has 0 radical (unpaired) electrons. The summed E-state index contributed by atoms with van der Waals surface area (Å²) in [5.74, 6) is -0.344. The molecule has 0 aliphatic carbocycles. The third-order valence-corrected chi connectivity index (χ3v) is 3.50. The molecule has 0 saturated carbocycles. The van der Waals surface area contributed by atoms with Crippen LogP contribution in [0.1, 0.15) is 13.8 Å². The summed E-state index contributed by atoms with van der Waals surface area (Å²) in [5, 5.41) is 11.1. The van der Waals surface area contributed by atoms with Gasteiger partial charge in [0.1, 0.15) is 0 Å². The van der Waals surface area contributed by atoms with E-state index in [0.717, 1.165) is 16.4 Å². The van der Waals surface area contributed by atoms with E-state index in [4.69, 9.17) is 0 Å². The first-order valence-corrected chi connectivity index (χ1v) is 7.20. The lowest BCUT2D eigenvalue weighted by atomic mass is 10.1. The van der Waals surface area contributed by atoms with Gasteiger partial charge in [0.15, 0.2) is 5.13 Å². The number of benzene rings is 1. The first-order valence-electron chi connectivity index (χ1n) is 6.32. The van der Waals surface area contributed by atoms with Gasteiger partial charge in [0.05, 0.1) is 11.4 Å². The molecule has 0 fully saturated rings. The summed E-state index contributed by atoms with van der Waals surface area (Å²) in [4.78, 5) is 26.9. The zero-order valence-corrected chi connectivity index (χ0v) is 12.8. The number of nitrogens with one attached hydrogen (secondary N) is 3. The third kappa shape index (κ3) is 3.79. The van der Waals surface area contributed by atoms with Gasteiger partial charge < -0.3 is 16.0 Å². The molecule has 0 bridgehead atoms. The van der Waals surface area contributed by atoms with Gasteiger partial charge in [-0.2, -0.15) is 0 Å². The zero-order valence-electron chi connectivity index (χ0n) is 12.0. The Bertz CT molecular complexity index is 681. The molecule has 3 N–H and O–H groups in total. The monoisotopic (exact) mass is 304 g/mol. The summed E-state index contributed by atoms with van der Waals surface area (Å²) in [6.45, 7) is 2.88. The van der Waals surface area contributed by atoms with E-state index in [1.807, 2.05) is 11.4 Å². The smallest absolute Gasteiger partial charge is 0.221 e. The van der Waals surface area contributed by atoms with E-state index in [2.05, 4.69) is 20.9 Å². The van der Waals surface area contributed by atoms with Gasteiger partial charge in [-0.05, 0) is 18.2 Å². The maximum absolute atomic E-state index is 11.4. The molecular weight excluding hydrogens is 288 g/mol. The van der Waals surface area contributed by atoms with Gasteiger partial charge in [0, 0.05) is 37.5 Å². The molecule has 1 aromatic carbocycles. The normalized spacial score (nSPS) is 10.0. The van der Waals surface area contributed by atoms with Crippen molar-refractivity contribution >= 4 is 39.7 Å². The van der Waals surface area contributed by atoms with E-state index in [0.29, 0.717) is 11.4 Å². The van der Waals surface area contributed by atoms with Crippen LogP contribution in [0.5, 0.6) is 0 Å². The first-order chi connectivity index (χ1) is 9.99. The molecule has 21 heavy (non-hydrogen) atoms. The van der Waals surface area contributed by atoms with Gasteiger partial charge in [-0.25, -0.2) is 4.98 Å². The number of aromatic nitrogens is 1. The van der Waals surface area contributed by atoms with E-state index in [-0.39, 0.29) is 11.8 Å². The Balaban J connectivity index is 2.43. The largest absolute Gasteiger partial charge is 0.365 e. The van der Waals surface area contributed by atoms with Gasteiger partial charge in [0.2, 0.25) is 11.8 Å². The fourth-order valence-electron chi connectivity index (χ4n) is 1.85. The molecular formula is C14H16N4O2S. The Morgan fingerprint density at radius 1 is 1.14 bits per heavy atom. The highest BCUT2D eigenvalue weighted by atomic mass is 32.1. The Labute approximate surface area is 126 Å². The molecule has 7 heteroatoms. The van der Waals surface area contributed by atoms with Gasteiger partial charge >= 0.3 is 0 Å². The van der Waals surface area contributed by atoms with Crippen molar-refractivity contribution in [3.05, 3.63) is 23.6 Å². The van der Waals surface area contributed by atoms with E-state index in [1.165, 1.54) is 25.2 Å². The maximum Gasteiger partial charge on any atom is 0.221 e. The predicted molar refractivity (Wildman–Crippen MR) is 85.7 cm³/mol. The van der Waals surface area contributed by atoms with Crippen LogP contribution in [0, 0.1) is 0 Å². The summed E-state index contributed by atoms with van der Waals surface area (Å²) in [5.41, 5.74) is 2.81. The second-order valence-electron chi connectivity index (χ2n) is 4.41. The van der Waals surface area contributed by atoms with E-state index >= 15 is 0 Å². The molecule has 1 heterocycles. The van der Waals surface area contributed by atoms with Crippen molar-refractivity contribution in [2.24, 2.45) is 0 Å². The molecule has 6 nitrogen and oxygen atoms in total. The van der Waals surface area contributed by atoms with Crippen LogP contribution >= 0.6 is 11.3 Å². The van der Waals surface area contributed by atoms with E-state index in [1.54, 1.807) is 19.2 Å². The molecule has 0 aliphatic heterocycles. The van der Waals surface area contributed by atoms with Crippen molar-refractivity contribution in [3.63, 3.8) is 0 Å². The van der Waals surface area contributed by atoms with Crippen LogP contribution < -0.4 is 16.0 Å².